The number of allylic oxidation sites excluding steroid dienone is 4. The summed E-state index contributed by atoms with van der Waals surface area (Å²) in [4.78, 5) is 4.82. The predicted octanol–water partition coefficient (Wildman–Crippen LogP) is 4.44. The molecule has 0 spiro atoms. The summed E-state index contributed by atoms with van der Waals surface area (Å²) >= 11 is 0. The monoisotopic (exact) mass is 271 g/mol. The van der Waals surface area contributed by atoms with E-state index >= 15 is 0 Å². The topological polar surface area (TPSA) is 21.6 Å². The number of aliphatic imine (C=N–C) groups is 1. The second-order valence-electron chi connectivity index (χ2n) is 7.16. The van der Waals surface area contributed by atoms with Gasteiger partial charge in [0.15, 0.2) is 0 Å². The van der Waals surface area contributed by atoms with Gasteiger partial charge in [-0.1, -0.05) is 39.0 Å². The molecule has 0 saturated heterocycles. The van der Waals surface area contributed by atoms with Crippen LogP contribution < -0.4 is 0 Å². The van der Waals surface area contributed by atoms with Crippen LogP contribution in [-0.4, -0.2) is 18.4 Å². The Labute approximate surface area is 122 Å². The third-order valence-electron chi connectivity index (χ3n) is 4.42. The van der Waals surface area contributed by atoms with Gasteiger partial charge in [0.2, 0.25) is 0 Å². The van der Waals surface area contributed by atoms with Crippen LogP contribution in [0.3, 0.4) is 0 Å². The first kappa shape index (κ1) is 13.7. The molecule has 2 unspecified atom stereocenters. The Morgan fingerprint density at radius 2 is 2.10 bits per heavy atom. The smallest absolute Gasteiger partial charge is 0.103 e. The van der Waals surface area contributed by atoms with Gasteiger partial charge in [-0.3, -0.25) is 4.99 Å². The highest BCUT2D eigenvalue weighted by Gasteiger charge is 2.31. The highest BCUT2D eigenvalue weighted by molar-refractivity contribution is 6.04. The molecule has 0 aromatic carbocycles. The lowest BCUT2D eigenvalue weighted by Gasteiger charge is -2.27. The molecule has 2 heterocycles. The van der Waals surface area contributed by atoms with E-state index in [1.807, 2.05) is 0 Å². The van der Waals surface area contributed by atoms with Crippen molar-refractivity contribution in [1.82, 2.24) is 0 Å². The molecular weight excluding hydrogens is 246 g/mol. The van der Waals surface area contributed by atoms with Crippen molar-refractivity contribution >= 4 is 5.71 Å². The van der Waals surface area contributed by atoms with Gasteiger partial charge in [0, 0.05) is 36.6 Å². The van der Waals surface area contributed by atoms with Gasteiger partial charge in [0.25, 0.3) is 0 Å². The van der Waals surface area contributed by atoms with Gasteiger partial charge < -0.3 is 4.74 Å². The molecule has 1 aliphatic carbocycles. The highest BCUT2D eigenvalue weighted by atomic mass is 16.5. The summed E-state index contributed by atoms with van der Waals surface area (Å²) in [6.45, 7) is 9.86. The first-order valence-electron chi connectivity index (χ1n) is 7.77. The summed E-state index contributed by atoms with van der Waals surface area (Å²) in [6.07, 6.45) is 10.5. The van der Waals surface area contributed by atoms with Crippen molar-refractivity contribution in [3.05, 3.63) is 35.1 Å². The molecule has 0 aromatic rings. The van der Waals surface area contributed by atoms with Crippen LogP contribution in [0.25, 0.3) is 0 Å². The Bertz CT molecular complexity index is 528. The molecule has 0 saturated carbocycles. The van der Waals surface area contributed by atoms with Crippen LogP contribution in [0.1, 0.15) is 47.0 Å². The molecule has 3 aliphatic rings. The summed E-state index contributed by atoms with van der Waals surface area (Å²) < 4.78 is 5.92. The number of rotatable bonds is 1. The third kappa shape index (κ3) is 2.48. The molecule has 0 aromatic heterocycles. The summed E-state index contributed by atoms with van der Waals surface area (Å²) in [6, 6.07) is 0. The van der Waals surface area contributed by atoms with Crippen LogP contribution in [0.15, 0.2) is 40.1 Å². The molecule has 3 rings (SSSR count). The largest absolute Gasteiger partial charge is 0.494 e. The maximum Gasteiger partial charge on any atom is 0.103 e. The molecule has 0 fully saturated rings. The van der Waals surface area contributed by atoms with E-state index in [1.54, 1.807) is 0 Å². The number of hydrogen-bond donors (Lipinski definition) is 0. The number of ether oxygens (including phenoxy) is 1. The zero-order valence-electron chi connectivity index (χ0n) is 13.1. The van der Waals surface area contributed by atoms with Crippen LogP contribution >= 0.6 is 0 Å². The van der Waals surface area contributed by atoms with E-state index in [-0.39, 0.29) is 5.41 Å². The molecule has 0 bridgehead atoms. The molecule has 0 N–H and O–H groups in total. The van der Waals surface area contributed by atoms with E-state index in [0.29, 0.717) is 12.0 Å². The van der Waals surface area contributed by atoms with Crippen LogP contribution in [-0.2, 0) is 4.74 Å². The van der Waals surface area contributed by atoms with Crippen molar-refractivity contribution in [3.63, 3.8) is 0 Å². The van der Waals surface area contributed by atoms with Crippen LogP contribution in [0, 0.1) is 11.3 Å². The quantitative estimate of drug-likeness (QED) is 0.690. The van der Waals surface area contributed by atoms with Crippen molar-refractivity contribution in [3.8, 4) is 0 Å². The number of hydrogen-bond acceptors (Lipinski definition) is 2. The Balaban J connectivity index is 1.78. The minimum Gasteiger partial charge on any atom is -0.494 e. The second kappa shape index (κ2) is 4.91. The fourth-order valence-electron chi connectivity index (χ4n) is 3.31. The van der Waals surface area contributed by atoms with Gasteiger partial charge in [-0.05, 0) is 24.3 Å². The second-order valence-corrected chi connectivity index (χ2v) is 7.16. The maximum absolute atomic E-state index is 5.92. The summed E-state index contributed by atoms with van der Waals surface area (Å²) in [7, 11) is 0. The van der Waals surface area contributed by atoms with E-state index in [2.05, 4.69) is 45.9 Å². The standard InChI is InChI=1S/C18H25NO/c1-12-11-15-16(20-12)9-10-19-17(15)13-5-7-14(8-6-13)18(2,3)4/h5,7-8,12-13H,6,9-11H2,1-4H3. The zero-order chi connectivity index (χ0) is 14.3. The van der Waals surface area contributed by atoms with Gasteiger partial charge in [-0.25, -0.2) is 0 Å². The molecular formula is C18H25NO. The van der Waals surface area contributed by atoms with Crippen molar-refractivity contribution < 1.29 is 4.74 Å². The molecule has 2 nitrogen and oxygen atoms in total. The Hall–Kier alpha value is -1.31. The van der Waals surface area contributed by atoms with Gasteiger partial charge in [-0.2, -0.15) is 0 Å². The summed E-state index contributed by atoms with van der Waals surface area (Å²) in [5.74, 6) is 1.65. The van der Waals surface area contributed by atoms with E-state index in [0.717, 1.165) is 25.8 Å². The molecule has 0 radical (unpaired) electrons. The summed E-state index contributed by atoms with van der Waals surface area (Å²) in [5, 5.41) is 0. The fraction of sp³-hybridized carbons (Fsp3) is 0.611. The normalized spacial score (nSPS) is 29.8. The molecule has 20 heavy (non-hydrogen) atoms. The van der Waals surface area contributed by atoms with E-state index in [4.69, 9.17) is 9.73 Å². The van der Waals surface area contributed by atoms with E-state index < -0.39 is 0 Å². The lowest BCUT2D eigenvalue weighted by atomic mass is 9.79. The third-order valence-corrected chi connectivity index (χ3v) is 4.42. The maximum atomic E-state index is 5.92. The van der Waals surface area contributed by atoms with Gasteiger partial charge in [-0.15, -0.1) is 0 Å². The Morgan fingerprint density at radius 3 is 2.75 bits per heavy atom. The summed E-state index contributed by atoms with van der Waals surface area (Å²) in [5.41, 5.74) is 4.36. The van der Waals surface area contributed by atoms with Gasteiger partial charge >= 0.3 is 0 Å². The van der Waals surface area contributed by atoms with E-state index in [1.165, 1.54) is 22.6 Å². The lowest BCUT2D eigenvalue weighted by Crippen LogP contribution is -2.21. The van der Waals surface area contributed by atoms with Gasteiger partial charge in [0.05, 0.1) is 6.10 Å². The van der Waals surface area contributed by atoms with Crippen LogP contribution in [0.2, 0.25) is 0 Å². The molecule has 108 valence electrons. The van der Waals surface area contributed by atoms with E-state index in [9.17, 15) is 0 Å². The SMILES string of the molecule is CC1CC2=C(CCN=C2C2C=CC(C(C)(C)C)=CC2)O1. The van der Waals surface area contributed by atoms with Crippen molar-refractivity contribution in [2.45, 2.75) is 53.1 Å². The zero-order valence-corrected chi connectivity index (χ0v) is 13.1. The Morgan fingerprint density at radius 1 is 1.30 bits per heavy atom. The van der Waals surface area contributed by atoms with Crippen LogP contribution in [0.5, 0.6) is 0 Å². The first-order valence-corrected chi connectivity index (χ1v) is 7.77. The molecule has 0 amide bonds. The Kier molecular flexibility index (Phi) is 3.35. The van der Waals surface area contributed by atoms with Gasteiger partial charge in [0.1, 0.15) is 5.76 Å². The fourth-order valence-corrected chi connectivity index (χ4v) is 3.31. The van der Waals surface area contributed by atoms with Crippen molar-refractivity contribution in [2.75, 3.05) is 6.54 Å². The number of dihydropyridines is 1. The minimum atomic E-state index is 0.241. The molecule has 2 heteroatoms. The molecule has 2 aliphatic heterocycles. The average Bonchev–Trinajstić information content (AvgIpc) is 2.78. The minimum absolute atomic E-state index is 0.241. The first-order chi connectivity index (χ1) is 9.45. The van der Waals surface area contributed by atoms with Crippen molar-refractivity contribution in [1.29, 1.82) is 0 Å². The average molecular weight is 271 g/mol. The molecule has 2 atom stereocenters. The van der Waals surface area contributed by atoms with Crippen molar-refractivity contribution in [2.24, 2.45) is 16.3 Å². The van der Waals surface area contributed by atoms with Crippen LogP contribution in [0.4, 0.5) is 0 Å². The predicted molar refractivity (Wildman–Crippen MR) is 83.9 cm³/mol. The lowest BCUT2D eigenvalue weighted by molar-refractivity contribution is 0.154. The highest BCUT2D eigenvalue weighted by Crippen LogP contribution is 2.37. The number of nitrogens with zero attached hydrogens (tertiary/aromatic N) is 1.